The Morgan fingerprint density at radius 2 is 1.80 bits per heavy atom. The van der Waals surface area contributed by atoms with E-state index in [0.717, 1.165) is 0 Å². The molecule has 30 heavy (non-hydrogen) atoms. The molecule has 1 saturated heterocycles. The van der Waals surface area contributed by atoms with Gasteiger partial charge >= 0.3 is 5.63 Å². The second-order valence-corrected chi connectivity index (χ2v) is 7.19. The highest BCUT2D eigenvalue weighted by molar-refractivity contribution is 6.00. The zero-order chi connectivity index (χ0) is 20.7. The van der Waals surface area contributed by atoms with E-state index >= 15 is 0 Å². The number of anilines is 1. The van der Waals surface area contributed by atoms with Crippen molar-refractivity contribution in [3.05, 3.63) is 64.5 Å². The highest BCUT2D eigenvalue weighted by atomic mass is 16.6. The van der Waals surface area contributed by atoms with Gasteiger partial charge in [-0.25, -0.2) is 4.79 Å². The molecule has 2 aliphatic heterocycles. The molecule has 5 rings (SSSR count). The molecule has 1 aromatic heterocycles. The molecule has 1 N–H and O–H groups in total. The molecule has 2 aromatic carbocycles. The third-order valence-corrected chi connectivity index (χ3v) is 5.18. The van der Waals surface area contributed by atoms with E-state index in [2.05, 4.69) is 5.32 Å². The van der Waals surface area contributed by atoms with E-state index in [0.29, 0.717) is 47.9 Å². The van der Waals surface area contributed by atoms with E-state index in [1.165, 1.54) is 6.07 Å². The minimum atomic E-state index is -0.709. The Bertz CT molecular complexity index is 1220. The van der Waals surface area contributed by atoms with Crippen molar-refractivity contribution in [1.29, 1.82) is 0 Å². The summed E-state index contributed by atoms with van der Waals surface area (Å²) in [6.45, 7) is 1.24. The number of benzene rings is 2. The number of fused-ring (bicyclic) bond motifs is 2. The zero-order valence-corrected chi connectivity index (χ0v) is 15.9. The summed E-state index contributed by atoms with van der Waals surface area (Å²) in [7, 11) is 0. The van der Waals surface area contributed by atoms with Gasteiger partial charge < -0.3 is 24.1 Å². The number of hydrogen-bond donors (Lipinski definition) is 1. The minimum absolute atomic E-state index is 0.0843. The van der Waals surface area contributed by atoms with Gasteiger partial charge in [0.15, 0.2) is 11.5 Å². The van der Waals surface area contributed by atoms with E-state index in [1.807, 2.05) is 0 Å². The number of rotatable bonds is 3. The Morgan fingerprint density at radius 1 is 1.00 bits per heavy atom. The molecule has 0 unspecified atom stereocenters. The Balaban J connectivity index is 1.33. The van der Waals surface area contributed by atoms with Crippen LogP contribution in [0.2, 0.25) is 0 Å². The molecule has 3 heterocycles. The van der Waals surface area contributed by atoms with E-state index < -0.39 is 17.6 Å². The van der Waals surface area contributed by atoms with Gasteiger partial charge in [-0.05, 0) is 24.3 Å². The highest BCUT2D eigenvalue weighted by Gasteiger charge is 2.33. The van der Waals surface area contributed by atoms with Crippen LogP contribution in [0.4, 0.5) is 5.69 Å². The second kappa shape index (κ2) is 7.22. The predicted molar refractivity (Wildman–Crippen MR) is 108 cm³/mol. The average Bonchev–Trinajstić information content (AvgIpc) is 3.12. The van der Waals surface area contributed by atoms with Gasteiger partial charge in [0.2, 0.25) is 5.91 Å². The maximum absolute atomic E-state index is 12.7. The fourth-order valence-corrected chi connectivity index (χ4v) is 3.74. The summed E-state index contributed by atoms with van der Waals surface area (Å²) >= 11 is 0. The zero-order valence-electron chi connectivity index (χ0n) is 15.9. The molecule has 0 spiro atoms. The van der Waals surface area contributed by atoms with Gasteiger partial charge in [0.25, 0.3) is 5.91 Å². The van der Waals surface area contributed by atoms with Gasteiger partial charge in [0.1, 0.15) is 24.4 Å². The SMILES string of the molecule is O=C(N[C@@H]1CC(=O)N(c2ccc3c(c2)OCCO3)C1)c1cc2ccccc2oc1=O. The molecule has 2 aliphatic rings. The lowest BCUT2D eigenvalue weighted by Gasteiger charge is -2.22. The largest absolute Gasteiger partial charge is 0.486 e. The van der Waals surface area contributed by atoms with Crippen LogP contribution in [0.25, 0.3) is 11.0 Å². The third-order valence-electron chi connectivity index (χ3n) is 5.18. The molecular formula is C22H18N2O6. The first-order valence-electron chi connectivity index (χ1n) is 9.62. The molecule has 8 heteroatoms. The van der Waals surface area contributed by atoms with Crippen LogP contribution in [-0.4, -0.2) is 37.6 Å². The summed E-state index contributed by atoms with van der Waals surface area (Å²) in [5, 5.41) is 3.43. The summed E-state index contributed by atoms with van der Waals surface area (Å²) in [6.07, 6.45) is 0.138. The topological polar surface area (TPSA) is 98.1 Å². The Kier molecular flexibility index (Phi) is 4.39. The van der Waals surface area contributed by atoms with Crippen molar-refractivity contribution in [3.63, 3.8) is 0 Å². The summed E-state index contributed by atoms with van der Waals surface area (Å²) in [4.78, 5) is 39.0. The van der Waals surface area contributed by atoms with E-state index in [9.17, 15) is 14.4 Å². The second-order valence-electron chi connectivity index (χ2n) is 7.19. The van der Waals surface area contributed by atoms with Crippen LogP contribution >= 0.6 is 0 Å². The van der Waals surface area contributed by atoms with Gasteiger partial charge in [-0.3, -0.25) is 9.59 Å². The number of carbonyl (C=O) groups is 2. The summed E-state index contributed by atoms with van der Waals surface area (Å²) in [5.41, 5.74) is 0.296. The summed E-state index contributed by atoms with van der Waals surface area (Å²) < 4.78 is 16.3. The van der Waals surface area contributed by atoms with Gasteiger partial charge in [0, 0.05) is 30.1 Å². The summed E-state index contributed by atoms with van der Waals surface area (Å²) in [6, 6.07) is 13.4. The lowest BCUT2D eigenvalue weighted by Crippen LogP contribution is -2.39. The molecule has 0 bridgehead atoms. The van der Waals surface area contributed by atoms with E-state index in [4.69, 9.17) is 13.9 Å². The van der Waals surface area contributed by atoms with Gasteiger partial charge in [-0.15, -0.1) is 0 Å². The van der Waals surface area contributed by atoms with E-state index in [-0.39, 0.29) is 17.9 Å². The molecular weight excluding hydrogens is 388 g/mol. The maximum atomic E-state index is 12.7. The van der Waals surface area contributed by atoms with Crippen LogP contribution < -0.4 is 25.3 Å². The smallest absolute Gasteiger partial charge is 0.349 e. The van der Waals surface area contributed by atoms with Crippen molar-refractivity contribution in [1.82, 2.24) is 5.32 Å². The maximum Gasteiger partial charge on any atom is 0.349 e. The van der Waals surface area contributed by atoms with Crippen LogP contribution in [0.3, 0.4) is 0 Å². The fourth-order valence-electron chi connectivity index (χ4n) is 3.74. The van der Waals surface area contributed by atoms with Crippen molar-refractivity contribution in [2.45, 2.75) is 12.5 Å². The third kappa shape index (κ3) is 3.26. The van der Waals surface area contributed by atoms with Crippen molar-refractivity contribution in [3.8, 4) is 11.5 Å². The minimum Gasteiger partial charge on any atom is -0.486 e. The number of carbonyl (C=O) groups excluding carboxylic acids is 2. The molecule has 152 valence electrons. The first kappa shape index (κ1) is 18.2. The quantitative estimate of drug-likeness (QED) is 0.669. The van der Waals surface area contributed by atoms with Crippen LogP contribution in [0.15, 0.2) is 57.7 Å². The predicted octanol–water partition coefficient (Wildman–Crippen LogP) is 2.10. The fraction of sp³-hybridized carbons (Fsp3) is 0.227. The van der Waals surface area contributed by atoms with Crippen molar-refractivity contribution in [2.75, 3.05) is 24.7 Å². The highest BCUT2D eigenvalue weighted by Crippen LogP contribution is 2.35. The molecule has 0 saturated carbocycles. The number of ether oxygens (including phenoxy) is 2. The lowest BCUT2D eigenvalue weighted by molar-refractivity contribution is -0.117. The number of amides is 2. The Hall–Kier alpha value is -3.81. The Morgan fingerprint density at radius 3 is 2.67 bits per heavy atom. The summed E-state index contributed by atoms with van der Waals surface area (Å²) in [5.74, 6) is 0.552. The van der Waals surface area contributed by atoms with E-state index in [1.54, 1.807) is 47.4 Å². The van der Waals surface area contributed by atoms with Gasteiger partial charge in [-0.2, -0.15) is 0 Å². The van der Waals surface area contributed by atoms with Gasteiger partial charge in [0.05, 0.1) is 6.04 Å². The molecule has 1 atom stereocenters. The monoisotopic (exact) mass is 406 g/mol. The normalized spacial score (nSPS) is 17.9. The first-order chi connectivity index (χ1) is 14.6. The number of para-hydroxylation sites is 1. The molecule has 8 nitrogen and oxygen atoms in total. The first-order valence-corrected chi connectivity index (χ1v) is 9.62. The van der Waals surface area contributed by atoms with Gasteiger partial charge in [-0.1, -0.05) is 18.2 Å². The molecule has 0 radical (unpaired) electrons. The van der Waals surface area contributed by atoms with Crippen LogP contribution in [0.5, 0.6) is 11.5 Å². The van der Waals surface area contributed by atoms with Crippen molar-refractivity contribution >= 4 is 28.5 Å². The number of hydrogen-bond acceptors (Lipinski definition) is 6. The standard InChI is InChI=1S/C22H18N2O6/c25-20-10-14(12-24(20)15-5-6-18-19(11-15)29-8-7-28-18)23-21(26)16-9-13-3-1-2-4-17(13)30-22(16)27/h1-6,9,11,14H,7-8,10,12H2,(H,23,26)/t14-/m1/s1. The lowest BCUT2D eigenvalue weighted by atomic mass is 10.1. The molecule has 2 amide bonds. The molecule has 3 aromatic rings. The Labute approximate surface area is 171 Å². The molecule has 0 aliphatic carbocycles. The van der Waals surface area contributed by atoms with Crippen LogP contribution in [0, 0.1) is 0 Å². The number of nitrogens with zero attached hydrogens (tertiary/aromatic N) is 1. The van der Waals surface area contributed by atoms with Crippen molar-refractivity contribution in [2.24, 2.45) is 0 Å². The van der Waals surface area contributed by atoms with Crippen molar-refractivity contribution < 1.29 is 23.5 Å². The van der Waals surface area contributed by atoms with Crippen LogP contribution in [-0.2, 0) is 4.79 Å². The average molecular weight is 406 g/mol. The van der Waals surface area contributed by atoms with Crippen LogP contribution in [0.1, 0.15) is 16.8 Å². The molecule has 1 fully saturated rings. The number of nitrogens with one attached hydrogen (secondary N) is 1.